The fourth-order valence-corrected chi connectivity index (χ4v) is 5.59. The summed E-state index contributed by atoms with van der Waals surface area (Å²) in [5.74, 6) is 1.48. The molecule has 39 heavy (non-hydrogen) atoms. The Labute approximate surface area is 223 Å². The molecule has 0 radical (unpaired) electrons. The Morgan fingerprint density at radius 3 is 2.62 bits per heavy atom. The Bertz CT molecular complexity index is 2070. The molecule has 5 N–H and O–H groups in total. The largest absolute Gasteiger partial charge is 0.383 e. The first-order chi connectivity index (χ1) is 18.9. The lowest BCUT2D eigenvalue weighted by Crippen LogP contribution is -2.34. The summed E-state index contributed by atoms with van der Waals surface area (Å²) >= 11 is 0. The van der Waals surface area contributed by atoms with Crippen LogP contribution in [0.2, 0.25) is 0 Å². The molecule has 0 amide bonds. The van der Waals surface area contributed by atoms with Crippen LogP contribution in [0.25, 0.3) is 27.5 Å². The Balaban J connectivity index is 1.48. The van der Waals surface area contributed by atoms with Crippen LogP contribution in [0.15, 0.2) is 77.9 Å². The number of nitrogen functional groups attached to an aromatic ring is 2. The number of anilines is 2. The summed E-state index contributed by atoms with van der Waals surface area (Å²) in [5.41, 5.74) is 20.0. The van der Waals surface area contributed by atoms with E-state index in [1.54, 1.807) is 0 Å². The number of nitrogens with zero attached hydrogens (tertiary/aromatic N) is 5. The number of imidazole rings is 1. The van der Waals surface area contributed by atoms with E-state index in [1.165, 1.54) is 6.33 Å². The van der Waals surface area contributed by atoms with Gasteiger partial charge in [0.1, 0.15) is 12.4 Å². The van der Waals surface area contributed by atoms with Gasteiger partial charge in [-0.2, -0.15) is 4.98 Å². The zero-order valence-electron chi connectivity index (χ0n) is 21.4. The van der Waals surface area contributed by atoms with Crippen LogP contribution < -0.4 is 17.0 Å². The number of aromatic amines is 1. The van der Waals surface area contributed by atoms with Gasteiger partial charge in [-0.3, -0.25) is 9.36 Å². The number of pyridine rings is 1. The van der Waals surface area contributed by atoms with Crippen molar-refractivity contribution in [3.05, 3.63) is 111 Å². The smallest absolute Gasteiger partial charge is 0.341 e. The van der Waals surface area contributed by atoms with E-state index < -0.39 is 0 Å². The molecule has 0 saturated carbocycles. The fourth-order valence-electron chi connectivity index (χ4n) is 5.59. The number of aryl methyl sites for hydroxylation is 2. The van der Waals surface area contributed by atoms with Crippen molar-refractivity contribution >= 4 is 45.1 Å². The van der Waals surface area contributed by atoms with Crippen molar-refractivity contribution < 1.29 is 4.58 Å². The van der Waals surface area contributed by atoms with Crippen LogP contribution in [0.4, 0.5) is 17.6 Å². The van der Waals surface area contributed by atoms with Gasteiger partial charge in [-0.25, -0.2) is 9.56 Å². The van der Waals surface area contributed by atoms with Crippen molar-refractivity contribution in [2.75, 3.05) is 11.5 Å². The normalized spacial score (nSPS) is 12.7. The number of H-pyrrole nitrogens is 1. The van der Waals surface area contributed by atoms with Crippen LogP contribution in [-0.4, -0.2) is 34.8 Å². The van der Waals surface area contributed by atoms with Crippen molar-refractivity contribution in [1.29, 1.82) is 0 Å². The monoisotopic (exact) mass is 513 g/mol. The zero-order chi connectivity index (χ0) is 26.8. The minimum atomic E-state index is -0.0475. The van der Waals surface area contributed by atoms with E-state index >= 15 is 0 Å². The summed E-state index contributed by atoms with van der Waals surface area (Å²) in [6.07, 6.45) is 1.47. The maximum Gasteiger partial charge on any atom is 0.341 e. The molecule has 9 heteroatoms. The van der Waals surface area contributed by atoms with Gasteiger partial charge in [0.25, 0.3) is 5.56 Å². The first-order valence-electron chi connectivity index (χ1n) is 12.6. The van der Waals surface area contributed by atoms with Crippen LogP contribution in [0, 0.1) is 13.8 Å². The number of benzene rings is 3. The molecule has 4 heterocycles. The molecule has 0 spiro atoms. The van der Waals surface area contributed by atoms with Gasteiger partial charge in [-0.1, -0.05) is 36.4 Å². The van der Waals surface area contributed by atoms with Gasteiger partial charge < -0.3 is 16.5 Å². The maximum atomic E-state index is 14.1. The summed E-state index contributed by atoms with van der Waals surface area (Å²) in [6, 6.07) is 21.9. The quantitative estimate of drug-likeness (QED) is 0.304. The first kappa shape index (κ1) is 22.9. The topological polar surface area (TPSA) is 132 Å². The average Bonchev–Trinajstić information content (AvgIpc) is 3.28. The van der Waals surface area contributed by atoms with Gasteiger partial charge in [0.2, 0.25) is 6.33 Å². The van der Waals surface area contributed by atoms with Gasteiger partial charge in [0, 0.05) is 5.56 Å². The van der Waals surface area contributed by atoms with E-state index in [0.717, 1.165) is 61.6 Å². The average molecular weight is 514 g/mol. The van der Waals surface area contributed by atoms with Gasteiger partial charge in [0.05, 0.1) is 27.8 Å². The fraction of sp³-hybridized carbons (Fsp3) is 0.100. The minimum Gasteiger partial charge on any atom is -0.383 e. The molecule has 1 aliphatic rings. The van der Waals surface area contributed by atoms with Gasteiger partial charge >= 0.3 is 5.82 Å². The van der Waals surface area contributed by atoms with Crippen LogP contribution in [-0.2, 0) is 6.54 Å². The number of hydrogen-bond acceptors (Lipinski definition) is 6. The number of rotatable bonds is 4. The molecule has 0 aliphatic carbocycles. The van der Waals surface area contributed by atoms with E-state index in [2.05, 4.69) is 30.6 Å². The Morgan fingerprint density at radius 1 is 0.949 bits per heavy atom. The van der Waals surface area contributed by atoms with Crippen molar-refractivity contribution in [1.82, 2.24) is 24.5 Å². The third kappa shape index (κ3) is 3.43. The summed E-state index contributed by atoms with van der Waals surface area (Å²) in [6.45, 7) is 4.39. The highest BCUT2D eigenvalue weighted by Gasteiger charge is 2.40. The molecule has 3 aromatic carbocycles. The molecular weight excluding hydrogens is 488 g/mol. The lowest BCUT2D eigenvalue weighted by Gasteiger charge is -2.24. The molecule has 9 nitrogen and oxygen atoms in total. The molecule has 0 saturated heterocycles. The number of aromatic nitrogens is 5. The number of fused-ring (bicyclic) bond motifs is 3. The molecular formula is C30H25N8O+. The third-order valence-corrected chi connectivity index (χ3v) is 7.40. The molecule has 0 atom stereocenters. The van der Waals surface area contributed by atoms with E-state index in [-0.39, 0.29) is 5.56 Å². The highest BCUT2D eigenvalue weighted by molar-refractivity contribution is 6.19. The number of hydrogen-bond donors (Lipinski definition) is 3. The summed E-state index contributed by atoms with van der Waals surface area (Å²) in [5, 5.41) is 1.62. The molecule has 1 aliphatic heterocycles. The molecule has 3 aromatic heterocycles. The van der Waals surface area contributed by atoms with E-state index in [1.807, 2.05) is 79.1 Å². The number of nitrogens with one attached hydrogen (secondary N) is 1. The maximum absolute atomic E-state index is 14.1. The Hall–Kier alpha value is -5.31. The van der Waals surface area contributed by atoms with E-state index in [9.17, 15) is 4.79 Å². The van der Waals surface area contributed by atoms with Crippen LogP contribution in [0.1, 0.15) is 27.9 Å². The molecule has 7 rings (SSSR count). The van der Waals surface area contributed by atoms with Gasteiger partial charge in [-0.15, -0.1) is 0 Å². The highest BCUT2D eigenvalue weighted by atomic mass is 16.1. The van der Waals surface area contributed by atoms with E-state index in [4.69, 9.17) is 11.5 Å². The first-order valence-corrected chi connectivity index (χ1v) is 12.6. The zero-order valence-corrected chi connectivity index (χ0v) is 21.4. The SMILES string of the molecule is Cc1ccccc1-n1c(C[N+]2=C(c3ccc4nc(N)[nH]c4c3)c3c(N)ncnc32)cc2cccc(C)c2c1=O. The number of para-hydroxylation sites is 1. The lowest BCUT2D eigenvalue weighted by molar-refractivity contribution is -0.474. The molecule has 0 unspecified atom stereocenters. The van der Waals surface area contributed by atoms with Crippen molar-refractivity contribution in [2.45, 2.75) is 20.4 Å². The molecule has 0 fully saturated rings. The van der Waals surface area contributed by atoms with Crippen molar-refractivity contribution in [3.8, 4) is 5.69 Å². The van der Waals surface area contributed by atoms with Crippen molar-refractivity contribution in [3.63, 3.8) is 0 Å². The summed E-state index contributed by atoms with van der Waals surface area (Å²) < 4.78 is 3.91. The van der Waals surface area contributed by atoms with E-state index in [0.29, 0.717) is 23.7 Å². The third-order valence-electron chi connectivity index (χ3n) is 7.40. The second kappa shape index (κ2) is 8.35. The van der Waals surface area contributed by atoms with Gasteiger partial charge in [-0.05, 0) is 65.7 Å². The second-order valence-electron chi connectivity index (χ2n) is 9.85. The van der Waals surface area contributed by atoms with Crippen LogP contribution in [0.3, 0.4) is 0 Å². The summed E-state index contributed by atoms with van der Waals surface area (Å²) in [4.78, 5) is 30.3. The molecule has 6 aromatic rings. The Kier molecular flexibility index (Phi) is 4.90. The summed E-state index contributed by atoms with van der Waals surface area (Å²) in [7, 11) is 0. The minimum absolute atomic E-state index is 0.0475. The molecule has 0 bridgehead atoms. The predicted octanol–water partition coefficient (Wildman–Crippen LogP) is 4.13. The van der Waals surface area contributed by atoms with Crippen LogP contribution in [0.5, 0.6) is 0 Å². The Morgan fingerprint density at radius 2 is 1.77 bits per heavy atom. The molecule has 190 valence electrons. The van der Waals surface area contributed by atoms with Crippen molar-refractivity contribution in [2.24, 2.45) is 0 Å². The standard InChI is InChI=1S/C30H24N8O/c1-16-6-3-4-9-23(16)38-20(12-18-8-5-7-17(2)24(18)29(38)39)14-37-26(25-27(31)33-15-34-28(25)37)19-10-11-21-22(13-19)36-30(32)35-21/h3-13,15H,14H2,1-2H3,(H4,31,32,33,34,35,36)/p+1. The van der Waals surface area contributed by atoms with Crippen LogP contribution >= 0.6 is 0 Å². The number of nitrogens with two attached hydrogens (primary N) is 2. The predicted molar refractivity (Wildman–Crippen MR) is 153 cm³/mol. The van der Waals surface area contributed by atoms with Gasteiger partial charge in [0.15, 0.2) is 17.2 Å². The lowest BCUT2D eigenvalue weighted by atomic mass is 9.96. The highest BCUT2D eigenvalue weighted by Crippen LogP contribution is 2.36. The second-order valence-corrected chi connectivity index (χ2v) is 9.85.